The first-order valence-electron chi connectivity index (χ1n) is 10.7. The van der Waals surface area contributed by atoms with Crippen molar-refractivity contribution in [3.05, 3.63) is 83.6 Å². The Morgan fingerprint density at radius 2 is 1.80 bits per heavy atom. The predicted molar refractivity (Wildman–Crippen MR) is 129 cm³/mol. The first-order chi connectivity index (χ1) is 16.5. The molecule has 182 valence electrons. The number of hydrogen-bond acceptors (Lipinski definition) is 4. The van der Waals surface area contributed by atoms with E-state index in [-0.39, 0.29) is 0 Å². The number of halogens is 3. The van der Waals surface area contributed by atoms with Gasteiger partial charge in [0, 0.05) is 16.0 Å². The van der Waals surface area contributed by atoms with Crippen molar-refractivity contribution in [2.45, 2.75) is 43.2 Å². The molecule has 0 saturated carbocycles. The van der Waals surface area contributed by atoms with Crippen LogP contribution in [0.4, 0.5) is 13.2 Å². The van der Waals surface area contributed by atoms with E-state index >= 15 is 0 Å². The van der Waals surface area contributed by atoms with Gasteiger partial charge in [0.2, 0.25) is 0 Å². The van der Waals surface area contributed by atoms with E-state index < -0.39 is 23.3 Å². The number of para-hydroxylation sites is 1. The number of nitrogens with zero attached hydrogens (tertiary/aromatic N) is 2. The summed E-state index contributed by atoms with van der Waals surface area (Å²) in [6, 6.07) is 16.3. The van der Waals surface area contributed by atoms with Gasteiger partial charge in [0.15, 0.2) is 5.60 Å². The monoisotopic (exact) mass is 500 g/mol. The molecule has 0 aliphatic rings. The molecule has 0 aliphatic carbocycles. The molecular weight excluding hydrogens is 477 g/mol. The molecule has 0 atom stereocenters. The van der Waals surface area contributed by atoms with Crippen molar-refractivity contribution in [2.75, 3.05) is 0 Å². The maximum absolute atomic E-state index is 13.0. The molecule has 0 aliphatic heterocycles. The van der Waals surface area contributed by atoms with Crippen molar-refractivity contribution in [1.29, 1.82) is 0 Å². The Bertz CT molecular complexity index is 1380. The van der Waals surface area contributed by atoms with Crippen LogP contribution in [-0.4, -0.2) is 26.5 Å². The molecule has 4 aromatic rings. The quantitative estimate of drug-likeness (QED) is 0.280. The maximum Gasteiger partial charge on any atom is 0.416 e. The van der Waals surface area contributed by atoms with Gasteiger partial charge in [-0.15, -0.1) is 11.8 Å². The van der Waals surface area contributed by atoms with Gasteiger partial charge >= 0.3 is 12.1 Å². The lowest BCUT2D eigenvalue weighted by molar-refractivity contribution is -0.152. The van der Waals surface area contributed by atoms with Gasteiger partial charge in [-0.25, -0.2) is 9.48 Å². The number of carboxylic acid groups (broad SMARTS) is 1. The molecule has 35 heavy (non-hydrogen) atoms. The zero-order valence-electron chi connectivity index (χ0n) is 19.3. The number of alkyl halides is 3. The lowest BCUT2D eigenvalue weighted by Gasteiger charge is -2.23. The van der Waals surface area contributed by atoms with Gasteiger partial charge in [-0.3, -0.25) is 0 Å². The van der Waals surface area contributed by atoms with Crippen LogP contribution in [-0.2, 0) is 16.7 Å². The van der Waals surface area contributed by atoms with Crippen molar-refractivity contribution >= 4 is 28.6 Å². The second-order valence-electron chi connectivity index (χ2n) is 8.59. The summed E-state index contributed by atoms with van der Waals surface area (Å²) in [5.74, 6) is 0.0570. The third-order valence-electron chi connectivity index (χ3n) is 5.53. The number of thioether (sulfide) groups is 1. The Labute approximate surface area is 204 Å². The highest BCUT2D eigenvalue weighted by Crippen LogP contribution is 2.33. The molecule has 0 bridgehead atoms. The third-order valence-corrected chi connectivity index (χ3v) is 6.58. The van der Waals surface area contributed by atoms with E-state index in [0.717, 1.165) is 39.1 Å². The largest absolute Gasteiger partial charge is 0.478 e. The van der Waals surface area contributed by atoms with Crippen LogP contribution in [0.25, 0.3) is 16.6 Å². The number of aromatic nitrogens is 2. The fourth-order valence-corrected chi connectivity index (χ4v) is 4.54. The van der Waals surface area contributed by atoms with Crippen molar-refractivity contribution < 1.29 is 27.8 Å². The molecule has 0 spiro atoms. The minimum atomic E-state index is -4.39. The summed E-state index contributed by atoms with van der Waals surface area (Å²) < 4.78 is 46.2. The fourth-order valence-electron chi connectivity index (χ4n) is 3.56. The van der Waals surface area contributed by atoms with Crippen LogP contribution in [0.1, 0.15) is 30.5 Å². The number of hydrogen-bond donors (Lipinski definition) is 1. The summed E-state index contributed by atoms with van der Waals surface area (Å²) in [5.41, 5.74) is 1.13. The molecule has 1 heterocycles. The highest BCUT2D eigenvalue weighted by molar-refractivity contribution is 7.98. The minimum Gasteiger partial charge on any atom is -0.478 e. The van der Waals surface area contributed by atoms with Crippen molar-refractivity contribution in [3.63, 3.8) is 0 Å². The van der Waals surface area contributed by atoms with Gasteiger partial charge in [0.25, 0.3) is 0 Å². The van der Waals surface area contributed by atoms with Gasteiger partial charge < -0.3 is 9.84 Å². The Kier molecular flexibility index (Phi) is 6.55. The maximum atomic E-state index is 13.0. The molecule has 1 N–H and O–H groups in total. The minimum absolute atomic E-state index is 0.504. The number of carboxylic acids is 1. The standard InChI is InChI=1S/C26H23F3N2O3S/c1-16-13-21(11-12-22(16)34-25(2,3)24(32)33)35-15-18-6-4-5-17-14-30-31(23(17)18)20-9-7-19(8-10-20)26(27,28)29/h4-14H,15H2,1-3H3,(H,32,33). The van der Waals surface area contributed by atoms with E-state index in [1.807, 2.05) is 37.3 Å². The molecule has 5 nitrogen and oxygen atoms in total. The molecule has 0 radical (unpaired) electrons. The van der Waals surface area contributed by atoms with Crippen molar-refractivity contribution in [1.82, 2.24) is 9.78 Å². The number of aliphatic carboxylic acids is 1. The topological polar surface area (TPSA) is 64.4 Å². The number of aryl methyl sites for hydroxylation is 1. The number of carbonyl (C=O) groups is 1. The van der Waals surface area contributed by atoms with Crippen LogP contribution >= 0.6 is 11.8 Å². The van der Waals surface area contributed by atoms with Crippen LogP contribution in [0.5, 0.6) is 5.75 Å². The summed E-state index contributed by atoms with van der Waals surface area (Å²) in [5, 5.41) is 14.6. The number of ether oxygens (including phenoxy) is 1. The lowest BCUT2D eigenvalue weighted by atomic mass is 10.1. The predicted octanol–water partition coefficient (Wildman–Crippen LogP) is 6.89. The number of benzene rings is 3. The molecule has 0 saturated heterocycles. The Hall–Kier alpha value is -3.46. The molecule has 1 aromatic heterocycles. The molecule has 3 aromatic carbocycles. The van der Waals surface area contributed by atoms with E-state index in [4.69, 9.17) is 4.74 Å². The van der Waals surface area contributed by atoms with Gasteiger partial charge in [-0.05, 0) is 74.4 Å². The Morgan fingerprint density at radius 1 is 1.09 bits per heavy atom. The molecule has 9 heteroatoms. The average Bonchev–Trinajstić information content (AvgIpc) is 3.23. The second-order valence-corrected chi connectivity index (χ2v) is 9.64. The molecule has 4 rings (SSSR count). The number of fused-ring (bicyclic) bond motifs is 1. The zero-order chi connectivity index (χ0) is 25.4. The molecule has 0 amide bonds. The van der Waals surface area contributed by atoms with E-state index in [1.165, 1.54) is 26.0 Å². The van der Waals surface area contributed by atoms with Gasteiger partial charge in [0.1, 0.15) is 5.75 Å². The van der Waals surface area contributed by atoms with E-state index in [9.17, 15) is 23.1 Å². The molecular formula is C26H23F3N2O3S. The van der Waals surface area contributed by atoms with Crippen LogP contribution in [0.15, 0.2) is 71.8 Å². The Balaban J connectivity index is 1.57. The van der Waals surface area contributed by atoms with Crippen molar-refractivity contribution in [2.24, 2.45) is 0 Å². The second kappa shape index (κ2) is 9.30. The first kappa shape index (κ1) is 24.7. The summed E-state index contributed by atoms with van der Waals surface area (Å²) in [6.45, 7) is 4.85. The van der Waals surface area contributed by atoms with Crippen LogP contribution in [0, 0.1) is 6.92 Å². The summed E-state index contributed by atoms with van der Waals surface area (Å²) in [7, 11) is 0. The van der Waals surface area contributed by atoms with Gasteiger partial charge in [-0.1, -0.05) is 18.2 Å². The first-order valence-corrected chi connectivity index (χ1v) is 11.7. The van der Waals surface area contributed by atoms with Crippen LogP contribution in [0.2, 0.25) is 0 Å². The van der Waals surface area contributed by atoms with Crippen molar-refractivity contribution in [3.8, 4) is 11.4 Å². The Morgan fingerprint density at radius 3 is 2.43 bits per heavy atom. The molecule has 0 unspecified atom stereocenters. The van der Waals surface area contributed by atoms with Gasteiger partial charge in [0.05, 0.1) is 23.0 Å². The number of rotatable bonds is 7. The highest BCUT2D eigenvalue weighted by Gasteiger charge is 2.31. The zero-order valence-corrected chi connectivity index (χ0v) is 20.1. The summed E-state index contributed by atoms with van der Waals surface area (Å²) in [6.07, 6.45) is -2.70. The van der Waals surface area contributed by atoms with Crippen LogP contribution in [0.3, 0.4) is 0 Å². The fraction of sp³-hybridized carbons (Fsp3) is 0.231. The average molecular weight is 501 g/mol. The van der Waals surface area contributed by atoms with Crippen LogP contribution < -0.4 is 4.74 Å². The third kappa shape index (κ3) is 5.30. The van der Waals surface area contributed by atoms with Gasteiger partial charge in [-0.2, -0.15) is 18.3 Å². The molecule has 0 fully saturated rings. The highest BCUT2D eigenvalue weighted by atomic mass is 32.2. The SMILES string of the molecule is Cc1cc(SCc2cccc3cnn(-c4ccc(C(F)(F)F)cc4)c23)ccc1OC(C)(C)C(=O)O. The smallest absolute Gasteiger partial charge is 0.416 e. The van der Waals surface area contributed by atoms with E-state index in [0.29, 0.717) is 17.2 Å². The summed E-state index contributed by atoms with van der Waals surface area (Å²) >= 11 is 1.59. The normalized spacial score (nSPS) is 12.2. The summed E-state index contributed by atoms with van der Waals surface area (Å²) in [4.78, 5) is 12.3. The lowest BCUT2D eigenvalue weighted by Crippen LogP contribution is -2.38. The van der Waals surface area contributed by atoms with E-state index in [1.54, 1.807) is 28.7 Å². The van der Waals surface area contributed by atoms with E-state index in [2.05, 4.69) is 5.10 Å².